The number of carbonyl (C=O) groups excluding carboxylic acids is 2. The van der Waals surface area contributed by atoms with Crippen LogP contribution in [0.2, 0.25) is 5.15 Å². The fourth-order valence-electron chi connectivity index (χ4n) is 3.29. The predicted molar refractivity (Wildman–Crippen MR) is 102 cm³/mol. The first-order valence-electron chi connectivity index (χ1n) is 8.41. The van der Waals surface area contributed by atoms with Gasteiger partial charge in [0, 0.05) is 19.5 Å². The number of rotatable bonds is 4. The van der Waals surface area contributed by atoms with Crippen LogP contribution in [0.3, 0.4) is 0 Å². The molecule has 2 aromatic heterocycles. The van der Waals surface area contributed by atoms with E-state index < -0.39 is 11.5 Å². The molecule has 7 heteroatoms. The van der Waals surface area contributed by atoms with Gasteiger partial charge in [0.1, 0.15) is 16.5 Å². The minimum Gasteiger partial charge on any atom is -0.348 e. The molecule has 1 aliphatic carbocycles. The smallest absolute Gasteiger partial charge is 0.268 e. The minimum absolute atomic E-state index is 0.0454. The lowest BCUT2D eigenvalue weighted by molar-refractivity contribution is -0.137. The maximum atomic E-state index is 12.8. The third-order valence-electron chi connectivity index (χ3n) is 4.73. The molecule has 6 nitrogen and oxygen atoms in total. The normalized spacial score (nSPS) is 21.8. The van der Waals surface area contributed by atoms with E-state index in [0.29, 0.717) is 22.9 Å². The van der Waals surface area contributed by atoms with Crippen molar-refractivity contribution >= 4 is 34.4 Å². The Morgan fingerprint density at radius 1 is 1.35 bits per heavy atom. The van der Waals surface area contributed by atoms with Crippen LogP contribution in [0.25, 0.3) is 11.0 Å². The Bertz CT molecular complexity index is 915. The highest BCUT2D eigenvalue weighted by Crippen LogP contribution is 2.34. The second kappa shape index (κ2) is 6.96. The molecule has 3 rings (SSSR count). The zero-order valence-electron chi connectivity index (χ0n) is 14.9. The molecule has 2 amide bonds. The van der Waals surface area contributed by atoms with E-state index in [9.17, 15) is 9.59 Å². The van der Waals surface area contributed by atoms with Crippen molar-refractivity contribution in [1.29, 1.82) is 0 Å². The predicted octanol–water partition coefficient (Wildman–Crippen LogP) is 2.93. The van der Waals surface area contributed by atoms with Crippen LogP contribution in [-0.4, -0.2) is 46.8 Å². The van der Waals surface area contributed by atoms with Crippen molar-refractivity contribution in [3.05, 3.63) is 53.4 Å². The average molecular weight is 373 g/mol. The van der Waals surface area contributed by atoms with Gasteiger partial charge in [-0.25, -0.2) is 4.98 Å². The molecule has 2 heterocycles. The van der Waals surface area contributed by atoms with Crippen LogP contribution in [0.4, 0.5) is 0 Å². The Labute approximate surface area is 156 Å². The fourth-order valence-corrected chi connectivity index (χ4v) is 3.44. The molecule has 1 unspecified atom stereocenters. The molecule has 0 fully saturated rings. The van der Waals surface area contributed by atoms with Gasteiger partial charge in [-0.1, -0.05) is 42.8 Å². The zero-order valence-corrected chi connectivity index (χ0v) is 15.7. The number of aromatic amines is 1. The van der Waals surface area contributed by atoms with Crippen molar-refractivity contribution in [3.8, 4) is 0 Å². The first kappa shape index (κ1) is 18.2. The summed E-state index contributed by atoms with van der Waals surface area (Å²) >= 11 is 5.89. The van der Waals surface area contributed by atoms with Gasteiger partial charge in [-0.2, -0.15) is 0 Å². The lowest BCUT2D eigenvalue weighted by Crippen LogP contribution is -2.54. The molecule has 0 aliphatic heterocycles. The van der Waals surface area contributed by atoms with Gasteiger partial charge in [-0.05, 0) is 24.6 Å². The molecule has 26 heavy (non-hydrogen) atoms. The minimum atomic E-state index is -0.804. The summed E-state index contributed by atoms with van der Waals surface area (Å²) in [6, 6.07) is 4.75. The molecule has 0 saturated carbocycles. The van der Waals surface area contributed by atoms with Crippen molar-refractivity contribution in [1.82, 2.24) is 20.2 Å². The van der Waals surface area contributed by atoms with Crippen LogP contribution >= 0.6 is 11.6 Å². The molecular weight excluding hydrogens is 352 g/mol. The Kier molecular flexibility index (Phi) is 4.87. The van der Waals surface area contributed by atoms with Crippen LogP contribution in [0.15, 0.2) is 42.5 Å². The number of amides is 2. The number of nitrogens with zero attached hydrogens (tertiary/aromatic N) is 2. The third kappa shape index (κ3) is 3.12. The van der Waals surface area contributed by atoms with Gasteiger partial charge < -0.3 is 15.2 Å². The maximum absolute atomic E-state index is 12.8. The van der Waals surface area contributed by atoms with Crippen LogP contribution in [0, 0.1) is 5.41 Å². The first-order valence-corrected chi connectivity index (χ1v) is 8.79. The summed E-state index contributed by atoms with van der Waals surface area (Å²) < 4.78 is 0. The number of halogens is 1. The molecule has 0 radical (unpaired) electrons. The molecule has 2 aromatic rings. The highest BCUT2D eigenvalue weighted by atomic mass is 35.5. The van der Waals surface area contributed by atoms with Crippen molar-refractivity contribution < 1.29 is 9.59 Å². The number of hydrogen-bond acceptors (Lipinski definition) is 3. The number of pyridine rings is 1. The van der Waals surface area contributed by atoms with E-state index in [-0.39, 0.29) is 11.8 Å². The summed E-state index contributed by atoms with van der Waals surface area (Å²) in [6.45, 7) is 1.94. The van der Waals surface area contributed by atoms with Gasteiger partial charge in [0.15, 0.2) is 0 Å². The summed E-state index contributed by atoms with van der Waals surface area (Å²) in [4.78, 5) is 34.3. The zero-order chi connectivity index (χ0) is 18.9. The summed E-state index contributed by atoms with van der Waals surface area (Å²) in [5, 5.41) is 4.12. The van der Waals surface area contributed by atoms with E-state index in [1.165, 1.54) is 0 Å². The number of nitrogens with one attached hydrogen (secondary N) is 2. The number of allylic oxidation sites excluding steroid dienone is 2. The number of fused-ring (bicyclic) bond motifs is 1. The molecule has 0 spiro atoms. The summed E-state index contributed by atoms with van der Waals surface area (Å²) in [5.41, 5.74) is 0.120. The number of carbonyl (C=O) groups is 2. The molecule has 1 aliphatic rings. The molecule has 0 saturated heterocycles. The number of H-pyrrole nitrogens is 1. The summed E-state index contributed by atoms with van der Waals surface area (Å²) in [6.07, 6.45) is 7.98. The van der Waals surface area contributed by atoms with Gasteiger partial charge in [-0.15, -0.1) is 0 Å². The van der Waals surface area contributed by atoms with Crippen LogP contribution in [0.1, 0.15) is 23.8 Å². The highest BCUT2D eigenvalue weighted by molar-refractivity contribution is 6.29. The Balaban J connectivity index is 1.89. The van der Waals surface area contributed by atoms with Crippen LogP contribution in [-0.2, 0) is 4.79 Å². The van der Waals surface area contributed by atoms with Gasteiger partial charge in [-0.3, -0.25) is 9.59 Å². The van der Waals surface area contributed by atoms with Crippen molar-refractivity contribution in [2.75, 3.05) is 14.1 Å². The first-order chi connectivity index (χ1) is 12.4. The van der Waals surface area contributed by atoms with Crippen LogP contribution in [0.5, 0.6) is 0 Å². The number of hydrogen-bond donors (Lipinski definition) is 2. The fraction of sp³-hybridized carbons (Fsp3) is 0.316. The van der Waals surface area contributed by atoms with Gasteiger partial charge in [0.2, 0.25) is 5.91 Å². The molecular formula is C19H21ClN4O2. The molecule has 0 aromatic carbocycles. The van der Waals surface area contributed by atoms with Gasteiger partial charge >= 0.3 is 0 Å². The lowest BCUT2D eigenvalue weighted by Gasteiger charge is -2.38. The highest BCUT2D eigenvalue weighted by Gasteiger charge is 2.43. The van der Waals surface area contributed by atoms with Gasteiger partial charge in [0.25, 0.3) is 5.91 Å². The lowest BCUT2D eigenvalue weighted by atomic mass is 9.74. The van der Waals surface area contributed by atoms with Gasteiger partial charge in [0.05, 0.1) is 11.5 Å². The van der Waals surface area contributed by atoms with E-state index in [4.69, 9.17) is 11.6 Å². The van der Waals surface area contributed by atoms with Crippen molar-refractivity contribution in [2.24, 2.45) is 5.41 Å². The molecule has 2 N–H and O–H groups in total. The molecule has 2 atom stereocenters. The van der Waals surface area contributed by atoms with E-state index in [2.05, 4.69) is 15.3 Å². The monoisotopic (exact) mass is 372 g/mol. The quantitative estimate of drug-likeness (QED) is 0.810. The molecule has 0 bridgehead atoms. The van der Waals surface area contributed by atoms with E-state index in [1.54, 1.807) is 37.2 Å². The Morgan fingerprint density at radius 3 is 2.81 bits per heavy atom. The summed E-state index contributed by atoms with van der Waals surface area (Å²) in [7, 11) is 3.44. The maximum Gasteiger partial charge on any atom is 0.268 e. The Hall–Kier alpha value is -2.60. The van der Waals surface area contributed by atoms with Crippen LogP contribution < -0.4 is 5.32 Å². The topological polar surface area (TPSA) is 78.1 Å². The largest absolute Gasteiger partial charge is 0.348 e. The van der Waals surface area contributed by atoms with E-state index in [0.717, 1.165) is 5.39 Å². The second-order valence-corrected chi connectivity index (χ2v) is 6.93. The Morgan fingerprint density at radius 2 is 2.12 bits per heavy atom. The number of aromatic nitrogens is 2. The van der Waals surface area contributed by atoms with Crippen molar-refractivity contribution in [2.45, 2.75) is 19.4 Å². The molecule has 136 valence electrons. The average Bonchev–Trinajstić information content (AvgIpc) is 3.04. The summed E-state index contributed by atoms with van der Waals surface area (Å²) in [5.74, 6) is -0.343. The SMILES string of the molecule is CCC1(C(=O)N(C)C)C=CC=C[C@@H]1NC(=O)c1cc2ccc(Cl)nc2[nH]1. The van der Waals surface area contributed by atoms with E-state index in [1.807, 2.05) is 31.2 Å². The third-order valence-corrected chi connectivity index (χ3v) is 4.94. The van der Waals surface area contributed by atoms with Crippen molar-refractivity contribution in [3.63, 3.8) is 0 Å². The van der Waals surface area contributed by atoms with E-state index >= 15 is 0 Å². The second-order valence-electron chi connectivity index (χ2n) is 6.54. The standard InChI is InChI=1S/C19H21ClN4O2/c1-4-19(18(26)24(2)3)10-6-5-7-14(19)22-17(25)13-11-12-8-9-15(20)23-16(12)21-13/h5-11,14H,4H2,1-3H3,(H,21,23)(H,22,25)/t14-,19?/m0/s1.